The van der Waals surface area contributed by atoms with Crippen LogP contribution in [0.3, 0.4) is 0 Å². The highest BCUT2D eigenvalue weighted by atomic mass is 16.7. The second-order valence-corrected chi connectivity index (χ2v) is 4.70. The van der Waals surface area contributed by atoms with Crippen LogP contribution in [-0.4, -0.2) is 64.8 Å². The van der Waals surface area contributed by atoms with Crippen molar-refractivity contribution < 1.29 is 34.6 Å². The van der Waals surface area contributed by atoms with Gasteiger partial charge in [-0.3, -0.25) is 0 Å². The van der Waals surface area contributed by atoms with E-state index in [1.807, 2.05) is 0 Å². The maximum absolute atomic E-state index is 9.90. The van der Waals surface area contributed by atoms with E-state index in [0.717, 1.165) is 0 Å². The highest BCUT2D eigenvalue weighted by molar-refractivity contribution is 5.29. The average molecular weight is 302 g/mol. The monoisotopic (exact) mass is 302 g/mol. The first-order chi connectivity index (χ1) is 9.87. The quantitative estimate of drug-likeness (QED) is 0.384. The fourth-order valence-corrected chi connectivity index (χ4v) is 1.97. The third-order valence-electron chi connectivity index (χ3n) is 3.09. The van der Waals surface area contributed by atoms with Gasteiger partial charge in [0.25, 0.3) is 0 Å². The number of aliphatic hydroxyl groups excluding tert-OH is 4. The summed E-state index contributed by atoms with van der Waals surface area (Å²) in [7, 11) is 1.42. The van der Waals surface area contributed by atoms with Crippen LogP contribution in [0.15, 0.2) is 36.3 Å². The molecule has 1 saturated heterocycles. The lowest BCUT2D eigenvalue weighted by Crippen LogP contribution is -2.59. The molecule has 4 N–H and O–H groups in total. The molecule has 1 heterocycles. The van der Waals surface area contributed by atoms with E-state index in [-0.39, 0.29) is 5.76 Å². The molecule has 5 atom stereocenters. The van der Waals surface area contributed by atoms with E-state index in [9.17, 15) is 15.3 Å². The summed E-state index contributed by atoms with van der Waals surface area (Å²) in [6, 6.07) is 0. The number of methoxy groups -OCH3 is 1. The molecule has 0 spiro atoms. The molecule has 4 unspecified atom stereocenters. The third-order valence-corrected chi connectivity index (χ3v) is 3.09. The molecular weight excluding hydrogens is 280 g/mol. The molecule has 21 heavy (non-hydrogen) atoms. The van der Waals surface area contributed by atoms with Crippen molar-refractivity contribution in [3.63, 3.8) is 0 Å². The normalized spacial score (nSPS) is 33.9. The molecule has 0 aromatic rings. The van der Waals surface area contributed by atoms with Gasteiger partial charge in [-0.05, 0) is 18.6 Å². The number of allylic oxidation sites excluding steroid dienone is 2. The van der Waals surface area contributed by atoms with Crippen molar-refractivity contribution in [2.75, 3.05) is 13.7 Å². The van der Waals surface area contributed by atoms with Gasteiger partial charge in [-0.25, -0.2) is 0 Å². The number of ether oxygens (including phenoxy) is 3. The highest BCUT2D eigenvalue weighted by Gasteiger charge is 2.45. The first-order valence-corrected chi connectivity index (χ1v) is 6.41. The van der Waals surface area contributed by atoms with Gasteiger partial charge < -0.3 is 34.6 Å². The Kier molecular flexibility index (Phi) is 6.38. The lowest BCUT2D eigenvalue weighted by atomic mass is 9.99. The van der Waals surface area contributed by atoms with E-state index >= 15 is 0 Å². The Balaban J connectivity index is 2.98. The molecule has 120 valence electrons. The van der Waals surface area contributed by atoms with E-state index < -0.39 is 37.3 Å². The van der Waals surface area contributed by atoms with Crippen molar-refractivity contribution in [2.24, 2.45) is 0 Å². The first kappa shape index (κ1) is 17.7. The Morgan fingerprint density at radius 1 is 1.24 bits per heavy atom. The summed E-state index contributed by atoms with van der Waals surface area (Å²) in [5, 5.41) is 38.4. The molecule has 0 bridgehead atoms. The van der Waals surface area contributed by atoms with Gasteiger partial charge in [-0.2, -0.15) is 0 Å². The Morgan fingerprint density at radius 3 is 2.29 bits per heavy atom. The van der Waals surface area contributed by atoms with E-state index in [4.69, 9.17) is 19.3 Å². The third kappa shape index (κ3) is 3.84. The predicted molar refractivity (Wildman–Crippen MR) is 73.9 cm³/mol. The van der Waals surface area contributed by atoms with Crippen molar-refractivity contribution in [1.29, 1.82) is 0 Å². The van der Waals surface area contributed by atoms with Gasteiger partial charge in [0.05, 0.1) is 13.7 Å². The average Bonchev–Trinajstić information content (AvgIpc) is 2.46. The van der Waals surface area contributed by atoms with Crippen molar-refractivity contribution in [1.82, 2.24) is 0 Å². The van der Waals surface area contributed by atoms with Crippen LogP contribution in [0, 0.1) is 0 Å². The molecule has 1 aliphatic heterocycles. The minimum Gasteiger partial charge on any atom is -0.493 e. The van der Waals surface area contributed by atoms with Gasteiger partial charge in [0, 0.05) is 0 Å². The summed E-state index contributed by atoms with van der Waals surface area (Å²) in [5.41, 5.74) is 0.567. The van der Waals surface area contributed by atoms with E-state index in [2.05, 4.69) is 13.2 Å². The van der Waals surface area contributed by atoms with Crippen LogP contribution in [0.4, 0.5) is 0 Å². The summed E-state index contributed by atoms with van der Waals surface area (Å²) in [4.78, 5) is 0. The fraction of sp³-hybridized carbons (Fsp3) is 0.571. The van der Waals surface area contributed by atoms with Crippen molar-refractivity contribution in [2.45, 2.75) is 37.6 Å². The summed E-state index contributed by atoms with van der Waals surface area (Å²) in [6.07, 6.45) is -5.45. The molecule has 1 aliphatic rings. The Morgan fingerprint density at radius 2 is 1.86 bits per heavy atom. The smallest absolute Gasteiger partial charge is 0.229 e. The van der Waals surface area contributed by atoms with Crippen molar-refractivity contribution >= 4 is 0 Å². The zero-order chi connectivity index (χ0) is 16.2. The maximum Gasteiger partial charge on any atom is 0.229 e. The van der Waals surface area contributed by atoms with E-state index in [1.165, 1.54) is 13.2 Å². The number of aliphatic hydroxyl groups is 4. The van der Waals surface area contributed by atoms with Crippen LogP contribution in [0.2, 0.25) is 0 Å². The Labute approximate surface area is 123 Å². The molecule has 1 rings (SSSR count). The second-order valence-electron chi connectivity index (χ2n) is 4.70. The van der Waals surface area contributed by atoms with Crippen LogP contribution in [0.1, 0.15) is 6.92 Å². The standard InChI is InChI=1S/C14H22O7/c1-5-8(13(19-4)7(2)3)20-14-12(18)11(17)10(16)9(6-15)21-14/h5,9-12,14-18H,1-2,6H2,3-4H3/b13-8+/t9?,10?,11?,12?,14-/m0/s1. The molecule has 0 amide bonds. The van der Waals surface area contributed by atoms with Crippen molar-refractivity contribution in [3.8, 4) is 0 Å². The summed E-state index contributed by atoms with van der Waals surface area (Å²) in [5.74, 6) is 0.469. The van der Waals surface area contributed by atoms with Crippen molar-refractivity contribution in [3.05, 3.63) is 36.3 Å². The minimum atomic E-state index is -1.51. The van der Waals surface area contributed by atoms with Gasteiger partial charge in [-0.1, -0.05) is 13.2 Å². The molecule has 0 saturated carbocycles. The predicted octanol–water partition coefficient (Wildman–Crippen LogP) is -0.577. The number of hydrogen-bond acceptors (Lipinski definition) is 7. The van der Waals surface area contributed by atoms with Crippen LogP contribution in [0.5, 0.6) is 0 Å². The van der Waals surface area contributed by atoms with E-state index in [0.29, 0.717) is 11.3 Å². The zero-order valence-corrected chi connectivity index (χ0v) is 12.1. The van der Waals surface area contributed by atoms with Crippen LogP contribution < -0.4 is 0 Å². The molecule has 1 fully saturated rings. The van der Waals surface area contributed by atoms with Gasteiger partial charge in [-0.15, -0.1) is 0 Å². The lowest BCUT2D eigenvalue weighted by Gasteiger charge is -2.39. The highest BCUT2D eigenvalue weighted by Crippen LogP contribution is 2.26. The molecule has 0 aliphatic carbocycles. The van der Waals surface area contributed by atoms with Crippen LogP contribution in [0.25, 0.3) is 0 Å². The molecule has 7 nitrogen and oxygen atoms in total. The first-order valence-electron chi connectivity index (χ1n) is 6.41. The summed E-state index contributed by atoms with van der Waals surface area (Å²) < 4.78 is 15.8. The molecular formula is C14H22O7. The largest absolute Gasteiger partial charge is 0.493 e. The molecule has 0 aromatic carbocycles. The summed E-state index contributed by atoms with van der Waals surface area (Å²) >= 11 is 0. The lowest BCUT2D eigenvalue weighted by molar-refractivity contribution is -0.290. The van der Waals surface area contributed by atoms with Gasteiger partial charge in [0.1, 0.15) is 24.4 Å². The second kappa shape index (κ2) is 7.58. The van der Waals surface area contributed by atoms with Gasteiger partial charge >= 0.3 is 0 Å². The van der Waals surface area contributed by atoms with Gasteiger partial charge in [0.2, 0.25) is 6.29 Å². The molecule has 0 radical (unpaired) electrons. The SMILES string of the molecule is C=C/C(O[C@H]1OC(CO)C(O)C(O)C1O)=C(\OC)C(=C)C. The number of rotatable bonds is 6. The van der Waals surface area contributed by atoms with Crippen LogP contribution >= 0.6 is 0 Å². The van der Waals surface area contributed by atoms with E-state index in [1.54, 1.807) is 6.92 Å². The van der Waals surface area contributed by atoms with Gasteiger partial charge in [0.15, 0.2) is 11.5 Å². The zero-order valence-electron chi connectivity index (χ0n) is 12.1. The molecule has 0 aromatic heterocycles. The maximum atomic E-state index is 9.90. The number of hydrogen-bond donors (Lipinski definition) is 4. The fourth-order valence-electron chi connectivity index (χ4n) is 1.97. The minimum absolute atomic E-state index is 0.161. The Hall–Kier alpha value is -1.38. The topological polar surface area (TPSA) is 109 Å². The summed E-state index contributed by atoms with van der Waals surface area (Å²) in [6.45, 7) is 8.46. The Bertz CT molecular complexity index is 416. The molecule has 7 heteroatoms. The van der Waals surface area contributed by atoms with Crippen LogP contribution in [-0.2, 0) is 14.2 Å².